The average molecular weight is 233 g/mol. The highest BCUT2D eigenvalue weighted by Gasteiger charge is 2.25. The van der Waals surface area contributed by atoms with Crippen LogP contribution >= 0.6 is 0 Å². The minimum atomic E-state index is -0.633. The van der Waals surface area contributed by atoms with Crippen LogP contribution in [0.3, 0.4) is 0 Å². The Morgan fingerprint density at radius 3 is 2.41 bits per heavy atom. The van der Waals surface area contributed by atoms with Crippen LogP contribution in [0.5, 0.6) is 0 Å². The van der Waals surface area contributed by atoms with Gasteiger partial charge in [-0.25, -0.2) is 0 Å². The van der Waals surface area contributed by atoms with Crippen LogP contribution in [0.4, 0.5) is 0 Å². The second-order valence-electron chi connectivity index (χ2n) is 4.75. The van der Waals surface area contributed by atoms with Crippen molar-refractivity contribution < 1.29 is 9.90 Å². The van der Waals surface area contributed by atoms with Crippen molar-refractivity contribution in [3.05, 3.63) is 35.9 Å². The first-order valence-corrected chi connectivity index (χ1v) is 6.26. The van der Waals surface area contributed by atoms with Crippen molar-refractivity contribution in [2.45, 2.75) is 38.3 Å². The number of nitrogens with one attached hydrogen (secondary N) is 1. The van der Waals surface area contributed by atoms with Gasteiger partial charge in [0.15, 0.2) is 0 Å². The maximum absolute atomic E-state index is 10.8. The Hall–Kier alpha value is -1.35. The molecule has 92 valence electrons. The smallest absolute Gasteiger partial charge is 0.306 e. The van der Waals surface area contributed by atoms with Crippen LogP contribution in [0.25, 0.3) is 0 Å². The summed E-state index contributed by atoms with van der Waals surface area (Å²) in [5.41, 5.74) is 1.29. The minimum absolute atomic E-state index is 0.121. The summed E-state index contributed by atoms with van der Waals surface area (Å²) in [5.74, 6) is -0.753. The molecule has 1 aromatic carbocycles. The molecule has 0 amide bonds. The molecule has 1 fully saturated rings. The first kappa shape index (κ1) is 12.1. The maximum Gasteiger partial charge on any atom is 0.306 e. The molecule has 3 heteroatoms. The standard InChI is InChI=1S/C14H19NO2/c16-14(17)12-6-8-13(9-7-12)15-10-11-4-2-1-3-5-11/h1-5,12-13,15H,6-10H2,(H,16,17)/t12-,13+. The third-order valence-corrected chi connectivity index (χ3v) is 3.51. The van der Waals surface area contributed by atoms with E-state index in [1.165, 1.54) is 5.56 Å². The normalized spacial score (nSPS) is 24.5. The number of rotatable bonds is 4. The predicted molar refractivity (Wildman–Crippen MR) is 66.7 cm³/mol. The highest BCUT2D eigenvalue weighted by Crippen LogP contribution is 2.24. The Kier molecular flexibility index (Phi) is 4.15. The number of carboxylic acids is 1. The van der Waals surface area contributed by atoms with Gasteiger partial charge in [0.1, 0.15) is 0 Å². The molecule has 1 aliphatic rings. The van der Waals surface area contributed by atoms with Gasteiger partial charge in [0.05, 0.1) is 5.92 Å². The second-order valence-corrected chi connectivity index (χ2v) is 4.75. The lowest BCUT2D eigenvalue weighted by Crippen LogP contribution is -2.34. The first-order chi connectivity index (χ1) is 8.25. The summed E-state index contributed by atoms with van der Waals surface area (Å²) in [4.78, 5) is 10.8. The van der Waals surface area contributed by atoms with E-state index in [-0.39, 0.29) is 5.92 Å². The zero-order chi connectivity index (χ0) is 12.1. The molecule has 0 radical (unpaired) electrons. The SMILES string of the molecule is O=C(O)[C@H]1CC[C@@H](NCc2ccccc2)CC1. The summed E-state index contributed by atoms with van der Waals surface area (Å²) in [7, 11) is 0. The highest BCUT2D eigenvalue weighted by molar-refractivity contribution is 5.70. The number of carbonyl (C=O) groups is 1. The van der Waals surface area contributed by atoms with Gasteiger partial charge in [0.2, 0.25) is 0 Å². The third-order valence-electron chi connectivity index (χ3n) is 3.51. The fourth-order valence-corrected chi connectivity index (χ4v) is 2.40. The first-order valence-electron chi connectivity index (χ1n) is 6.26. The predicted octanol–water partition coefficient (Wildman–Crippen LogP) is 2.42. The zero-order valence-electron chi connectivity index (χ0n) is 9.93. The van der Waals surface area contributed by atoms with Crippen LogP contribution in [0.15, 0.2) is 30.3 Å². The molecule has 0 spiro atoms. The molecule has 1 aromatic rings. The van der Waals surface area contributed by atoms with E-state index in [0.717, 1.165) is 32.2 Å². The zero-order valence-corrected chi connectivity index (χ0v) is 9.93. The number of hydrogen-bond donors (Lipinski definition) is 2. The molecule has 0 unspecified atom stereocenters. The monoisotopic (exact) mass is 233 g/mol. The van der Waals surface area contributed by atoms with Crippen molar-refractivity contribution in [3.8, 4) is 0 Å². The summed E-state index contributed by atoms with van der Waals surface area (Å²) in [6.45, 7) is 0.878. The molecule has 0 heterocycles. The molecule has 0 saturated heterocycles. The Bertz CT molecular complexity index is 356. The highest BCUT2D eigenvalue weighted by atomic mass is 16.4. The van der Waals surface area contributed by atoms with Crippen molar-refractivity contribution in [2.75, 3.05) is 0 Å². The van der Waals surface area contributed by atoms with E-state index in [1.54, 1.807) is 0 Å². The Labute approximate surface area is 102 Å². The van der Waals surface area contributed by atoms with Crippen LogP contribution in [0.2, 0.25) is 0 Å². The van der Waals surface area contributed by atoms with Gasteiger partial charge in [-0.15, -0.1) is 0 Å². The van der Waals surface area contributed by atoms with Crippen LogP contribution in [-0.4, -0.2) is 17.1 Å². The second kappa shape index (κ2) is 5.82. The molecular formula is C14H19NO2. The number of aliphatic carboxylic acids is 1. The molecule has 3 nitrogen and oxygen atoms in total. The summed E-state index contributed by atoms with van der Waals surface area (Å²) >= 11 is 0. The molecule has 0 aliphatic heterocycles. The van der Waals surface area contributed by atoms with E-state index in [1.807, 2.05) is 18.2 Å². The number of hydrogen-bond acceptors (Lipinski definition) is 2. The van der Waals surface area contributed by atoms with E-state index in [9.17, 15) is 4.79 Å². The van der Waals surface area contributed by atoms with E-state index in [4.69, 9.17) is 5.11 Å². The van der Waals surface area contributed by atoms with E-state index in [0.29, 0.717) is 6.04 Å². The number of benzene rings is 1. The van der Waals surface area contributed by atoms with Gasteiger partial charge in [-0.1, -0.05) is 30.3 Å². The molecule has 1 saturated carbocycles. The van der Waals surface area contributed by atoms with E-state index in [2.05, 4.69) is 17.4 Å². The van der Waals surface area contributed by atoms with Gasteiger partial charge in [0, 0.05) is 12.6 Å². The van der Waals surface area contributed by atoms with Gasteiger partial charge in [-0.2, -0.15) is 0 Å². The molecule has 17 heavy (non-hydrogen) atoms. The van der Waals surface area contributed by atoms with Crippen LogP contribution in [0, 0.1) is 5.92 Å². The van der Waals surface area contributed by atoms with Crippen LogP contribution in [-0.2, 0) is 11.3 Å². The summed E-state index contributed by atoms with van der Waals surface area (Å²) in [6, 6.07) is 10.8. The Morgan fingerprint density at radius 1 is 1.18 bits per heavy atom. The molecular weight excluding hydrogens is 214 g/mol. The van der Waals surface area contributed by atoms with Gasteiger partial charge in [-0.3, -0.25) is 4.79 Å². The minimum Gasteiger partial charge on any atom is -0.481 e. The van der Waals surface area contributed by atoms with Crippen molar-refractivity contribution >= 4 is 5.97 Å². The van der Waals surface area contributed by atoms with Crippen LogP contribution in [0.1, 0.15) is 31.2 Å². The topological polar surface area (TPSA) is 49.3 Å². The molecule has 2 rings (SSSR count). The van der Waals surface area contributed by atoms with Gasteiger partial charge in [-0.05, 0) is 31.2 Å². The number of carboxylic acid groups (broad SMARTS) is 1. The fourth-order valence-electron chi connectivity index (χ4n) is 2.40. The lowest BCUT2D eigenvalue weighted by Gasteiger charge is -2.27. The molecule has 2 N–H and O–H groups in total. The quantitative estimate of drug-likeness (QED) is 0.839. The molecule has 1 aliphatic carbocycles. The largest absolute Gasteiger partial charge is 0.481 e. The van der Waals surface area contributed by atoms with Gasteiger partial charge in [0.25, 0.3) is 0 Å². The van der Waals surface area contributed by atoms with Crippen molar-refractivity contribution in [3.63, 3.8) is 0 Å². The molecule has 0 atom stereocenters. The van der Waals surface area contributed by atoms with Gasteiger partial charge >= 0.3 is 5.97 Å². The molecule has 0 aromatic heterocycles. The average Bonchev–Trinajstić information content (AvgIpc) is 2.38. The third kappa shape index (κ3) is 3.56. The summed E-state index contributed by atoms with van der Waals surface area (Å²) in [5, 5.41) is 12.4. The summed E-state index contributed by atoms with van der Waals surface area (Å²) < 4.78 is 0. The van der Waals surface area contributed by atoms with Crippen LogP contribution < -0.4 is 5.32 Å². The fraction of sp³-hybridized carbons (Fsp3) is 0.500. The Morgan fingerprint density at radius 2 is 1.82 bits per heavy atom. The Balaban J connectivity index is 1.74. The lowest BCUT2D eigenvalue weighted by molar-refractivity contribution is -0.142. The lowest BCUT2D eigenvalue weighted by atomic mass is 9.86. The van der Waals surface area contributed by atoms with Crippen molar-refractivity contribution in [1.82, 2.24) is 5.32 Å². The summed E-state index contributed by atoms with van der Waals surface area (Å²) in [6.07, 6.45) is 3.57. The maximum atomic E-state index is 10.8. The van der Waals surface area contributed by atoms with E-state index >= 15 is 0 Å². The van der Waals surface area contributed by atoms with E-state index < -0.39 is 5.97 Å². The molecule has 0 bridgehead atoms. The van der Waals surface area contributed by atoms with Gasteiger partial charge < -0.3 is 10.4 Å². The van der Waals surface area contributed by atoms with Crippen molar-refractivity contribution in [2.24, 2.45) is 5.92 Å². The van der Waals surface area contributed by atoms with Crippen molar-refractivity contribution in [1.29, 1.82) is 0 Å².